The van der Waals surface area contributed by atoms with Crippen molar-refractivity contribution in [1.29, 1.82) is 0 Å². The van der Waals surface area contributed by atoms with Crippen LogP contribution in [0.15, 0.2) is 22.7 Å². The van der Waals surface area contributed by atoms with Crippen molar-refractivity contribution in [2.24, 2.45) is 5.73 Å². The van der Waals surface area contributed by atoms with Gasteiger partial charge in [0.1, 0.15) is 12.4 Å². The molecule has 0 bridgehead atoms. The van der Waals surface area contributed by atoms with Gasteiger partial charge in [-0.1, -0.05) is 17.3 Å². The molecule has 1 fully saturated rings. The van der Waals surface area contributed by atoms with E-state index in [2.05, 4.69) is 10.1 Å². The minimum Gasteiger partial charge on any atom is -0.491 e. The molecule has 1 aromatic heterocycles. The van der Waals surface area contributed by atoms with Gasteiger partial charge in [0.25, 0.3) is 0 Å². The Hall–Kier alpha value is -1.88. The average Bonchev–Trinajstić information content (AvgIpc) is 3.01. The van der Waals surface area contributed by atoms with Crippen LogP contribution >= 0.6 is 0 Å². The molecule has 1 aromatic carbocycles. The van der Waals surface area contributed by atoms with E-state index in [4.69, 9.17) is 15.0 Å². The molecule has 92 valence electrons. The molecule has 5 heteroatoms. The van der Waals surface area contributed by atoms with Crippen LogP contribution in [0.3, 0.4) is 0 Å². The van der Waals surface area contributed by atoms with Crippen molar-refractivity contribution in [3.8, 4) is 17.1 Å². The highest BCUT2D eigenvalue weighted by molar-refractivity contribution is 5.60. The summed E-state index contributed by atoms with van der Waals surface area (Å²) in [5.41, 5.74) is 7.87. The Bertz CT molecular complexity index is 604. The molecule has 0 saturated heterocycles. The summed E-state index contributed by atoms with van der Waals surface area (Å²) in [6, 6.07) is 5.86. The highest BCUT2D eigenvalue weighted by Gasteiger charge is 2.30. The van der Waals surface area contributed by atoms with E-state index in [-0.39, 0.29) is 6.04 Å². The number of ether oxygens (including phenoxy) is 1. The van der Waals surface area contributed by atoms with Crippen LogP contribution in [-0.2, 0) is 0 Å². The van der Waals surface area contributed by atoms with Crippen LogP contribution in [0.4, 0.5) is 0 Å². The third kappa shape index (κ3) is 1.51. The topological polar surface area (TPSA) is 74.2 Å². The van der Waals surface area contributed by atoms with Gasteiger partial charge in [-0.05, 0) is 18.9 Å². The summed E-state index contributed by atoms with van der Waals surface area (Å²) in [6.45, 7) is 0.540. The highest BCUT2D eigenvalue weighted by Crippen LogP contribution is 2.40. The number of nitrogens with two attached hydrogens (primary N) is 1. The van der Waals surface area contributed by atoms with Gasteiger partial charge in [0.2, 0.25) is 11.7 Å². The summed E-state index contributed by atoms with van der Waals surface area (Å²) in [7, 11) is 0. The first-order valence-corrected chi connectivity index (χ1v) is 6.17. The van der Waals surface area contributed by atoms with Gasteiger partial charge < -0.3 is 15.0 Å². The zero-order chi connectivity index (χ0) is 12.1. The Morgan fingerprint density at radius 2 is 2.17 bits per heavy atom. The molecule has 18 heavy (non-hydrogen) atoms. The maximum absolute atomic E-state index is 5.91. The molecular formula is C13H13N3O2. The van der Waals surface area contributed by atoms with Crippen LogP contribution < -0.4 is 10.5 Å². The first kappa shape index (κ1) is 10.1. The van der Waals surface area contributed by atoms with Crippen LogP contribution in [0.2, 0.25) is 0 Å². The van der Waals surface area contributed by atoms with Gasteiger partial charge in [-0.3, -0.25) is 0 Å². The lowest BCUT2D eigenvalue weighted by atomic mass is 10.1. The molecule has 1 aliphatic carbocycles. The zero-order valence-corrected chi connectivity index (χ0v) is 9.80. The van der Waals surface area contributed by atoms with Crippen LogP contribution in [-0.4, -0.2) is 16.7 Å². The van der Waals surface area contributed by atoms with Gasteiger partial charge >= 0.3 is 0 Å². The van der Waals surface area contributed by atoms with Gasteiger partial charge in [0.05, 0.1) is 6.04 Å². The summed E-state index contributed by atoms with van der Waals surface area (Å²) in [5.74, 6) is 2.69. The molecule has 1 saturated carbocycles. The van der Waals surface area contributed by atoms with Crippen molar-refractivity contribution in [2.45, 2.75) is 24.8 Å². The van der Waals surface area contributed by atoms with Gasteiger partial charge in [0, 0.05) is 17.0 Å². The van der Waals surface area contributed by atoms with Crippen molar-refractivity contribution in [3.05, 3.63) is 29.7 Å². The number of nitrogens with zero attached hydrogens (tertiary/aromatic N) is 2. The van der Waals surface area contributed by atoms with E-state index in [1.807, 2.05) is 18.2 Å². The molecule has 5 nitrogen and oxygen atoms in total. The molecule has 0 radical (unpaired) electrons. The lowest BCUT2D eigenvalue weighted by molar-refractivity contribution is 0.333. The minimum absolute atomic E-state index is 0.0265. The van der Waals surface area contributed by atoms with Crippen LogP contribution in [0, 0.1) is 0 Å². The van der Waals surface area contributed by atoms with Crippen LogP contribution in [0.25, 0.3) is 11.4 Å². The number of aromatic nitrogens is 2. The minimum atomic E-state index is -0.0265. The maximum Gasteiger partial charge on any atom is 0.230 e. The molecule has 2 aliphatic rings. The quantitative estimate of drug-likeness (QED) is 0.873. The number of benzene rings is 1. The van der Waals surface area contributed by atoms with Gasteiger partial charge in [-0.2, -0.15) is 4.98 Å². The Kier molecular flexibility index (Phi) is 1.99. The second-order valence-electron chi connectivity index (χ2n) is 4.90. The number of rotatable bonds is 2. The van der Waals surface area contributed by atoms with Crippen molar-refractivity contribution in [2.75, 3.05) is 6.61 Å². The Balaban J connectivity index is 1.71. The molecule has 0 spiro atoms. The molecule has 1 atom stereocenters. The largest absolute Gasteiger partial charge is 0.491 e. The molecule has 4 rings (SSSR count). The third-order valence-corrected chi connectivity index (χ3v) is 3.46. The van der Waals surface area contributed by atoms with E-state index in [1.54, 1.807) is 0 Å². The molecule has 2 N–H and O–H groups in total. The SMILES string of the molecule is N[C@@H]1COc2cc(-c3noc(C4CC4)n3)ccc21. The van der Waals surface area contributed by atoms with E-state index < -0.39 is 0 Å². The first-order chi connectivity index (χ1) is 8.81. The number of hydrogen-bond acceptors (Lipinski definition) is 5. The van der Waals surface area contributed by atoms with E-state index >= 15 is 0 Å². The van der Waals surface area contributed by atoms with Crippen molar-refractivity contribution in [3.63, 3.8) is 0 Å². The van der Waals surface area contributed by atoms with E-state index in [9.17, 15) is 0 Å². The fourth-order valence-electron chi connectivity index (χ4n) is 2.22. The molecule has 2 heterocycles. The summed E-state index contributed by atoms with van der Waals surface area (Å²) in [6.07, 6.45) is 2.31. The van der Waals surface area contributed by atoms with E-state index in [0.29, 0.717) is 18.3 Å². The Morgan fingerprint density at radius 1 is 1.28 bits per heavy atom. The molecule has 2 aromatic rings. The standard InChI is InChI=1S/C13H13N3O2/c14-10-6-17-11-5-8(3-4-9(10)11)12-15-13(18-16-12)7-1-2-7/h3-5,7,10H,1-2,6,14H2/t10-/m1/s1. The van der Waals surface area contributed by atoms with Gasteiger partial charge in [-0.15, -0.1) is 0 Å². The second kappa shape index (κ2) is 3.55. The predicted octanol–water partition coefficient (Wildman–Crippen LogP) is 2.01. The molecular weight excluding hydrogens is 230 g/mol. The van der Waals surface area contributed by atoms with E-state index in [0.717, 1.165) is 35.6 Å². The van der Waals surface area contributed by atoms with Crippen molar-refractivity contribution in [1.82, 2.24) is 10.1 Å². The fraction of sp³-hybridized carbons (Fsp3) is 0.385. The predicted molar refractivity (Wildman–Crippen MR) is 64.1 cm³/mol. The first-order valence-electron chi connectivity index (χ1n) is 6.17. The van der Waals surface area contributed by atoms with Crippen LogP contribution in [0.1, 0.15) is 36.3 Å². The van der Waals surface area contributed by atoms with Crippen LogP contribution in [0.5, 0.6) is 5.75 Å². The Morgan fingerprint density at radius 3 is 3.00 bits per heavy atom. The summed E-state index contributed by atoms with van der Waals surface area (Å²) < 4.78 is 10.8. The summed E-state index contributed by atoms with van der Waals surface area (Å²) in [4.78, 5) is 4.42. The average molecular weight is 243 g/mol. The normalized spacial score (nSPS) is 21.7. The fourth-order valence-corrected chi connectivity index (χ4v) is 2.22. The summed E-state index contributed by atoms with van der Waals surface area (Å²) in [5, 5.41) is 4.02. The number of fused-ring (bicyclic) bond motifs is 1. The van der Waals surface area contributed by atoms with Gasteiger partial charge in [0.15, 0.2) is 0 Å². The second-order valence-corrected chi connectivity index (χ2v) is 4.90. The van der Waals surface area contributed by atoms with Gasteiger partial charge in [-0.25, -0.2) is 0 Å². The van der Waals surface area contributed by atoms with Crippen molar-refractivity contribution < 1.29 is 9.26 Å². The maximum atomic E-state index is 5.91. The number of hydrogen-bond donors (Lipinski definition) is 1. The molecule has 0 unspecified atom stereocenters. The zero-order valence-electron chi connectivity index (χ0n) is 9.80. The lowest BCUT2D eigenvalue weighted by Gasteiger charge is -2.01. The third-order valence-electron chi connectivity index (χ3n) is 3.46. The summed E-state index contributed by atoms with van der Waals surface area (Å²) >= 11 is 0. The van der Waals surface area contributed by atoms with E-state index in [1.165, 1.54) is 0 Å². The Labute approximate surface area is 104 Å². The van der Waals surface area contributed by atoms with Crippen molar-refractivity contribution >= 4 is 0 Å². The highest BCUT2D eigenvalue weighted by atomic mass is 16.5. The molecule has 0 amide bonds. The lowest BCUT2D eigenvalue weighted by Crippen LogP contribution is -2.10. The molecule has 1 aliphatic heterocycles. The smallest absolute Gasteiger partial charge is 0.230 e. The monoisotopic (exact) mass is 243 g/mol.